The third-order valence-corrected chi connectivity index (χ3v) is 8.97. The van der Waals surface area contributed by atoms with Gasteiger partial charge in [-0.3, -0.25) is 0 Å². The third-order valence-electron chi connectivity index (χ3n) is 8.97. The van der Waals surface area contributed by atoms with E-state index in [0.717, 1.165) is 55.3 Å². The SMILES string of the molecule is c1ccc(-c2ccc(-c3ccc4oc5cccc(-c6ccc(-c7nc(-c8ccccc8)nc(-c8ccccc8)n7)cc6)c5c4c3)cc2)cc1. The number of rotatable bonds is 6. The molecular weight excluding hydrogens is 599 g/mol. The Morgan fingerprint density at radius 3 is 1.31 bits per heavy atom. The zero-order valence-corrected chi connectivity index (χ0v) is 26.5. The fourth-order valence-electron chi connectivity index (χ4n) is 6.47. The van der Waals surface area contributed by atoms with Gasteiger partial charge in [-0.25, -0.2) is 15.0 Å². The molecule has 0 radical (unpaired) electrons. The molecule has 49 heavy (non-hydrogen) atoms. The van der Waals surface area contributed by atoms with Crippen LogP contribution in [0.25, 0.3) is 89.5 Å². The highest BCUT2D eigenvalue weighted by Gasteiger charge is 2.16. The Hall–Kier alpha value is -6.65. The number of hydrogen-bond donors (Lipinski definition) is 0. The standard InChI is InChI=1S/C45H29N3O/c1-4-11-30(12-5-1)31-19-21-32(22-20-31)37-27-28-40-39(29-37)42-38(17-10-18-41(42)49-40)33-23-25-36(26-24-33)45-47-43(34-13-6-2-7-14-34)46-44(48-45)35-15-8-3-9-16-35/h1-29H. The van der Waals surface area contributed by atoms with E-state index in [9.17, 15) is 0 Å². The number of benzene rings is 7. The number of furan rings is 1. The van der Waals surface area contributed by atoms with Gasteiger partial charge in [0.15, 0.2) is 17.5 Å². The lowest BCUT2D eigenvalue weighted by Crippen LogP contribution is -2.00. The van der Waals surface area contributed by atoms with Crippen LogP contribution in [0.15, 0.2) is 180 Å². The topological polar surface area (TPSA) is 51.8 Å². The molecular formula is C45H29N3O. The van der Waals surface area contributed by atoms with Gasteiger partial charge in [-0.15, -0.1) is 0 Å². The van der Waals surface area contributed by atoms with E-state index >= 15 is 0 Å². The lowest BCUT2D eigenvalue weighted by molar-refractivity contribution is 0.669. The minimum absolute atomic E-state index is 0.633. The fourth-order valence-corrected chi connectivity index (χ4v) is 6.47. The first-order valence-corrected chi connectivity index (χ1v) is 16.4. The van der Waals surface area contributed by atoms with Gasteiger partial charge in [0.2, 0.25) is 0 Å². The molecule has 4 heteroatoms. The van der Waals surface area contributed by atoms with Gasteiger partial charge in [0.05, 0.1) is 0 Å². The summed E-state index contributed by atoms with van der Waals surface area (Å²) in [4.78, 5) is 14.7. The summed E-state index contributed by atoms with van der Waals surface area (Å²) in [5.74, 6) is 1.93. The van der Waals surface area contributed by atoms with Gasteiger partial charge >= 0.3 is 0 Å². The largest absolute Gasteiger partial charge is 0.456 e. The molecule has 0 aliphatic carbocycles. The smallest absolute Gasteiger partial charge is 0.164 e. The van der Waals surface area contributed by atoms with E-state index < -0.39 is 0 Å². The van der Waals surface area contributed by atoms with Crippen LogP contribution in [0.3, 0.4) is 0 Å². The molecule has 0 aliphatic rings. The van der Waals surface area contributed by atoms with E-state index in [1.807, 2.05) is 72.8 Å². The van der Waals surface area contributed by atoms with E-state index in [0.29, 0.717) is 17.5 Å². The summed E-state index contributed by atoms with van der Waals surface area (Å²) < 4.78 is 6.36. The first-order valence-electron chi connectivity index (χ1n) is 16.4. The predicted octanol–water partition coefficient (Wildman–Crippen LogP) is 11.8. The normalized spacial score (nSPS) is 11.3. The van der Waals surface area contributed by atoms with E-state index in [-0.39, 0.29) is 0 Å². The molecule has 7 aromatic carbocycles. The molecule has 0 spiro atoms. The maximum Gasteiger partial charge on any atom is 0.164 e. The highest BCUT2D eigenvalue weighted by atomic mass is 16.3. The van der Waals surface area contributed by atoms with Crippen LogP contribution in [0.4, 0.5) is 0 Å². The van der Waals surface area contributed by atoms with Crippen molar-refractivity contribution in [3.8, 4) is 67.5 Å². The van der Waals surface area contributed by atoms with Gasteiger partial charge in [0.1, 0.15) is 11.2 Å². The molecule has 0 bridgehead atoms. The molecule has 0 fully saturated rings. The van der Waals surface area contributed by atoms with Gasteiger partial charge in [-0.1, -0.05) is 158 Å². The van der Waals surface area contributed by atoms with Crippen molar-refractivity contribution in [2.75, 3.05) is 0 Å². The van der Waals surface area contributed by atoms with Crippen LogP contribution in [0.2, 0.25) is 0 Å². The Kier molecular flexibility index (Phi) is 7.10. The van der Waals surface area contributed by atoms with Gasteiger partial charge < -0.3 is 4.42 Å². The van der Waals surface area contributed by atoms with E-state index in [4.69, 9.17) is 19.4 Å². The quantitative estimate of drug-likeness (QED) is 0.184. The number of fused-ring (bicyclic) bond motifs is 3. The summed E-state index contributed by atoms with van der Waals surface area (Å²) in [6.45, 7) is 0. The van der Waals surface area contributed by atoms with Crippen LogP contribution in [-0.4, -0.2) is 15.0 Å². The molecule has 9 rings (SSSR count). The van der Waals surface area contributed by atoms with Crippen molar-refractivity contribution in [3.05, 3.63) is 176 Å². The van der Waals surface area contributed by atoms with E-state index in [1.54, 1.807) is 0 Å². The summed E-state index contributed by atoms with van der Waals surface area (Å²) in [5.41, 5.74) is 11.5. The van der Waals surface area contributed by atoms with Crippen molar-refractivity contribution >= 4 is 21.9 Å². The van der Waals surface area contributed by atoms with Crippen molar-refractivity contribution in [2.45, 2.75) is 0 Å². The number of hydrogen-bond acceptors (Lipinski definition) is 4. The van der Waals surface area contributed by atoms with Crippen molar-refractivity contribution in [2.24, 2.45) is 0 Å². The summed E-state index contributed by atoms with van der Waals surface area (Å²) in [5, 5.41) is 2.20. The van der Waals surface area contributed by atoms with Crippen molar-refractivity contribution in [1.29, 1.82) is 0 Å². The summed E-state index contributed by atoms with van der Waals surface area (Å²) in [7, 11) is 0. The summed E-state index contributed by atoms with van der Waals surface area (Å²) in [6.07, 6.45) is 0. The zero-order valence-electron chi connectivity index (χ0n) is 26.5. The molecule has 0 amide bonds. The molecule has 0 atom stereocenters. The molecule has 2 aromatic heterocycles. The maximum atomic E-state index is 6.36. The van der Waals surface area contributed by atoms with Crippen LogP contribution in [-0.2, 0) is 0 Å². The van der Waals surface area contributed by atoms with Crippen molar-refractivity contribution in [1.82, 2.24) is 15.0 Å². The van der Waals surface area contributed by atoms with E-state index in [2.05, 4.69) is 103 Å². The lowest BCUT2D eigenvalue weighted by Gasteiger charge is -2.09. The second-order valence-electron chi connectivity index (χ2n) is 12.1. The minimum atomic E-state index is 0.633. The monoisotopic (exact) mass is 627 g/mol. The number of nitrogens with zero attached hydrogens (tertiary/aromatic N) is 3. The second kappa shape index (κ2) is 12.2. The minimum Gasteiger partial charge on any atom is -0.456 e. The summed E-state index contributed by atoms with van der Waals surface area (Å²) >= 11 is 0. The maximum absolute atomic E-state index is 6.36. The molecule has 0 aliphatic heterocycles. The molecule has 4 nitrogen and oxygen atoms in total. The van der Waals surface area contributed by atoms with Crippen LogP contribution in [0, 0.1) is 0 Å². The number of aromatic nitrogens is 3. The molecule has 0 saturated carbocycles. The summed E-state index contributed by atoms with van der Waals surface area (Å²) in [6, 6.07) is 60.5. The first kappa shape index (κ1) is 28.6. The Bertz CT molecular complexity index is 2500. The average molecular weight is 628 g/mol. The highest BCUT2D eigenvalue weighted by Crippen LogP contribution is 2.39. The Morgan fingerprint density at radius 1 is 0.306 bits per heavy atom. The van der Waals surface area contributed by atoms with Gasteiger partial charge in [0, 0.05) is 27.5 Å². The van der Waals surface area contributed by atoms with Crippen LogP contribution in [0.1, 0.15) is 0 Å². The Labute approximate surface area is 284 Å². The van der Waals surface area contributed by atoms with Crippen LogP contribution < -0.4 is 0 Å². The molecule has 2 heterocycles. The van der Waals surface area contributed by atoms with Gasteiger partial charge in [-0.05, 0) is 51.6 Å². The predicted molar refractivity (Wildman–Crippen MR) is 200 cm³/mol. The molecule has 0 unspecified atom stereocenters. The van der Waals surface area contributed by atoms with E-state index in [1.165, 1.54) is 16.7 Å². The van der Waals surface area contributed by atoms with Crippen LogP contribution >= 0.6 is 0 Å². The lowest BCUT2D eigenvalue weighted by atomic mass is 9.96. The second-order valence-corrected chi connectivity index (χ2v) is 12.1. The Morgan fingerprint density at radius 2 is 0.735 bits per heavy atom. The average Bonchev–Trinajstić information content (AvgIpc) is 3.57. The van der Waals surface area contributed by atoms with Gasteiger partial charge in [-0.2, -0.15) is 0 Å². The van der Waals surface area contributed by atoms with Crippen LogP contribution in [0.5, 0.6) is 0 Å². The fraction of sp³-hybridized carbons (Fsp3) is 0. The van der Waals surface area contributed by atoms with Crippen molar-refractivity contribution < 1.29 is 4.42 Å². The molecule has 9 aromatic rings. The van der Waals surface area contributed by atoms with Crippen molar-refractivity contribution in [3.63, 3.8) is 0 Å². The third kappa shape index (κ3) is 5.45. The Balaban J connectivity index is 1.10. The molecule has 0 N–H and O–H groups in total. The molecule has 230 valence electrons. The first-order chi connectivity index (χ1) is 24.3. The van der Waals surface area contributed by atoms with Gasteiger partial charge in [0.25, 0.3) is 0 Å². The zero-order chi connectivity index (χ0) is 32.6. The highest BCUT2D eigenvalue weighted by molar-refractivity contribution is 6.13. The molecule has 0 saturated heterocycles.